The van der Waals surface area contributed by atoms with Crippen LogP contribution in [0.15, 0.2) is 54.7 Å². The van der Waals surface area contributed by atoms with Crippen molar-refractivity contribution in [3.63, 3.8) is 0 Å². The zero-order chi connectivity index (χ0) is 21.0. The molecule has 0 saturated heterocycles. The summed E-state index contributed by atoms with van der Waals surface area (Å²) in [6, 6.07) is 15.4. The molecule has 7 nitrogen and oxygen atoms in total. The molecule has 2 aromatic carbocycles. The molecule has 0 aliphatic carbocycles. The Labute approximate surface area is 171 Å². The van der Waals surface area contributed by atoms with Crippen LogP contribution < -0.4 is 5.32 Å². The van der Waals surface area contributed by atoms with Gasteiger partial charge in [-0.15, -0.1) is 0 Å². The Morgan fingerprint density at radius 2 is 1.79 bits per heavy atom. The highest BCUT2D eigenvalue weighted by atomic mass is 16.6. The maximum atomic E-state index is 10.9. The Morgan fingerprint density at radius 3 is 2.38 bits per heavy atom. The molecule has 1 heterocycles. The largest absolute Gasteiger partial charge is 0.311 e. The summed E-state index contributed by atoms with van der Waals surface area (Å²) in [5.41, 5.74) is 5.37. The van der Waals surface area contributed by atoms with Gasteiger partial charge in [-0.2, -0.15) is 5.10 Å². The van der Waals surface area contributed by atoms with E-state index in [0.29, 0.717) is 6.54 Å². The van der Waals surface area contributed by atoms with Crippen molar-refractivity contribution in [1.82, 2.24) is 20.0 Å². The molecule has 0 bridgehead atoms. The molecule has 0 fully saturated rings. The minimum atomic E-state index is -0.392. The lowest BCUT2D eigenvalue weighted by molar-refractivity contribution is -0.384. The molecule has 1 aromatic heterocycles. The molecule has 0 saturated carbocycles. The molecule has 3 rings (SSSR count). The second-order valence-electron chi connectivity index (χ2n) is 7.50. The van der Waals surface area contributed by atoms with E-state index in [4.69, 9.17) is 0 Å². The lowest BCUT2D eigenvalue weighted by atomic mass is 10.0. The number of nitrogens with one attached hydrogen (secondary N) is 1. The van der Waals surface area contributed by atoms with E-state index in [2.05, 4.69) is 60.6 Å². The molecule has 29 heavy (non-hydrogen) atoms. The molecule has 1 atom stereocenters. The molecule has 0 radical (unpaired) electrons. The average Bonchev–Trinajstić information content (AvgIpc) is 3.06. The summed E-state index contributed by atoms with van der Waals surface area (Å²) in [6.45, 7) is 3.55. The van der Waals surface area contributed by atoms with Crippen molar-refractivity contribution in [3.05, 3.63) is 81.5 Å². The average molecular weight is 393 g/mol. The number of nitro benzene ring substituents is 1. The fourth-order valence-corrected chi connectivity index (χ4v) is 3.38. The quantitative estimate of drug-likeness (QED) is 0.466. The first-order valence-corrected chi connectivity index (χ1v) is 9.56. The molecular formula is C22H27N5O2. The third-order valence-corrected chi connectivity index (χ3v) is 4.99. The van der Waals surface area contributed by atoms with Crippen LogP contribution in [0.5, 0.6) is 0 Å². The predicted octanol–water partition coefficient (Wildman–Crippen LogP) is 3.70. The smallest absolute Gasteiger partial charge is 0.269 e. The number of non-ortho nitro benzene ring substituents is 1. The van der Waals surface area contributed by atoms with Gasteiger partial charge in [0, 0.05) is 55.6 Å². The summed E-state index contributed by atoms with van der Waals surface area (Å²) in [5, 5.41) is 19.0. The number of benzene rings is 2. The summed E-state index contributed by atoms with van der Waals surface area (Å²) in [4.78, 5) is 12.7. The maximum absolute atomic E-state index is 10.9. The normalized spacial score (nSPS) is 12.3. The Kier molecular flexibility index (Phi) is 6.41. The lowest BCUT2D eigenvalue weighted by Gasteiger charge is -2.25. The van der Waals surface area contributed by atoms with Gasteiger partial charge < -0.3 is 10.2 Å². The van der Waals surface area contributed by atoms with Crippen molar-refractivity contribution in [2.24, 2.45) is 7.05 Å². The number of aryl methyl sites for hydroxylation is 2. The predicted molar refractivity (Wildman–Crippen MR) is 115 cm³/mol. The first kappa shape index (κ1) is 20.7. The van der Waals surface area contributed by atoms with Crippen LogP contribution in [0.3, 0.4) is 0 Å². The summed E-state index contributed by atoms with van der Waals surface area (Å²) in [5.74, 6) is 0. The Hall–Kier alpha value is -3.03. The fourth-order valence-electron chi connectivity index (χ4n) is 3.38. The van der Waals surface area contributed by atoms with Gasteiger partial charge in [0.25, 0.3) is 5.69 Å². The van der Waals surface area contributed by atoms with Gasteiger partial charge >= 0.3 is 0 Å². The van der Waals surface area contributed by atoms with Crippen LogP contribution in [0.4, 0.5) is 5.69 Å². The molecule has 0 aliphatic heterocycles. The van der Waals surface area contributed by atoms with Crippen LogP contribution in [-0.4, -0.2) is 40.2 Å². The number of hydrogen-bond donors (Lipinski definition) is 1. The third kappa shape index (κ3) is 5.07. The van der Waals surface area contributed by atoms with E-state index < -0.39 is 4.92 Å². The van der Waals surface area contributed by atoms with Crippen LogP contribution in [0.2, 0.25) is 0 Å². The molecule has 0 spiro atoms. The van der Waals surface area contributed by atoms with Crippen molar-refractivity contribution in [1.29, 1.82) is 0 Å². The van der Waals surface area contributed by atoms with Crippen LogP contribution >= 0.6 is 0 Å². The van der Waals surface area contributed by atoms with Gasteiger partial charge in [-0.1, -0.05) is 29.8 Å². The minimum absolute atomic E-state index is 0.0799. The van der Waals surface area contributed by atoms with Crippen LogP contribution in [-0.2, 0) is 13.6 Å². The van der Waals surface area contributed by atoms with E-state index in [0.717, 1.165) is 23.4 Å². The van der Waals surface area contributed by atoms with Gasteiger partial charge in [0.05, 0.1) is 10.6 Å². The number of rotatable bonds is 8. The molecule has 0 aliphatic rings. The maximum Gasteiger partial charge on any atom is 0.269 e. The van der Waals surface area contributed by atoms with Crippen LogP contribution in [0, 0.1) is 17.0 Å². The molecule has 7 heteroatoms. The number of hydrogen-bond acceptors (Lipinski definition) is 5. The monoisotopic (exact) mass is 393 g/mol. The molecular weight excluding hydrogens is 366 g/mol. The zero-order valence-corrected chi connectivity index (χ0v) is 17.3. The highest BCUT2D eigenvalue weighted by Crippen LogP contribution is 2.25. The van der Waals surface area contributed by atoms with Crippen molar-refractivity contribution < 1.29 is 4.92 Å². The van der Waals surface area contributed by atoms with Crippen molar-refractivity contribution in [2.75, 3.05) is 20.6 Å². The second-order valence-corrected chi connectivity index (χ2v) is 7.50. The molecule has 0 amide bonds. The standard InChI is InChI=1S/C22H27N5O2/c1-16-5-7-17(8-6-16)21(25(2)3)14-23-13-19-15-26(4)24-22(19)18-9-11-20(12-10-18)27(28)29/h5-12,15,21,23H,13-14H2,1-4H3. The zero-order valence-electron chi connectivity index (χ0n) is 17.3. The van der Waals surface area contributed by atoms with Gasteiger partial charge in [0.1, 0.15) is 0 Å². The summed E-state index contributed by atoms with van der Waals surface area (Å²) >= 11 is 0. The van der Waals surface area contributed by atoms with Crippen molar-refractivity contribution in [3.8, 4) is 11.3 Å². The van der Waals surface area contributed by atoms with E-state index in [1.54, 1.807) is 16.8 Å². The summed E-state index contributed by atoms with van der Waals surface area (Å²) < 4.78 is 1.77. The molecule has 1 N–H and O–H groups in total. The molecule has 1 unspecified atom stereocenters. The third-order valence-electron chi connectivity index (χ3n) is 4.99. The van der Waals surface area contributed by atoms with Crippen molar-refractivity contribution in [2.45, 2.75) is 19.5 Å². The Bertz CT molecular complexity index is 962. The lowest BCUT2D eigenvalue weighted by Crippen LogP contribution is -2.30. The summed E-state index contributed by atoms with van der Waals surface area (Å²) in [6.07, 6.45) is 1.99. The molecule has 152 valence electrons. The van der Waals surface area contributed by atoms with E-state index in [1.807, 2.05) is 13.2 Å². The van der Waals surface area contributed by atoms with E-state index >= 15 is 0 Å². The van der Waals surface area contributed by atoms with Gasteiger partial charge in [-0.05, 0) is 38.7 Å². The van der Waals surface area contributed by atoms with Crippen molar-refractivity contribution >= 4 is 5.69 Å². The van der Waals surface area contributed by atoms with E-state index in [1.165, 1.54) is 23.3 Å². The highest BCUT2D eigenvalue weighted by Gasteiger charge is 2.16. The van der Waals surface area contributed by atoms with Gasteiger partial charge in [0.2, 0.25) is 0 Å². The number of likely N-dealkylation sites (N-methyl/N-ethyl adjacent to an activating group) is 1. The number of nitro groups is 1. The summed E-state index contributed by atoms with van der Waals surface area (Å²) in [7, 11) is 6.05. The van der Waals surface area contributed by atoms with Crippen LogP contribution in [0.1, 0.15) is 22.7 Å². The highest BCUT2D eigenvalue weighted by molar-refractivity contribution is 5.64. The Morgan fingerprint density at radius 1 is 1.14 bits per heavy atom. The van der Waals surface area contributed by atoms with Crippen LogP contribution in [0.25, 0.3) is 11.3 Å². The van der Waals surface area contributed by atoms with E-state index in [-0.39, 0.29) is 11.7 Å². The van der Waals surface area contributed by atoms with Gasteiger partial charge in [-0.25, -0.2) is 0 Å². The van der Waals surface area contributed by atoms with Gasteiger partial charge in [0.15, 0.2) is 0 Å². The fraction of sp³-hybridized carbons (Fsp3) is 0.318. The number of nitrogens with zero attached hydrogens (tertiary/aromatic N) is 4. The topological polar surface area (TPSA) is 76.2 Å². The first-order chi connectivity index (χ1) is 13.8. The minimum Gasteiger partial charge on any atom is -0.311 e. The second kappa shape index (κ2) is 8.98. The molecule has 3 aromatic rings. The Balaban J connectivity index is 1.72. The SMILES string of the molecule is Cc1ccc(C(CNCc2cn(C)nc2-c2ccc([N+](=O)[O-])cc2)N(C)C)cc1. The number of aromatic nitrogens is 2. The van der Waals surface area contributed by atoms with Gasteiger partial charge in [-0.3, -0.25) is 14.8 Å². The first-order valence-electron chi connectivity index (χ1n) is 9.56. The van der Waals surface area contributed by atoms with E-state index in [9.17, 15) is 10.1 Å².